The Morgan fingerprint density at radius 2 is 1.76 bits per heavy atom. The van der Waals surface area contributed by atoms with Gasteiger partial charge in [0.15, 0.2) is 5.78 Å². The van der Waals surface area contributed by atoms with Gasteiger partial charge in [-0.2, -0.15) is 0 Å². The molecular formula is C17H15NO2S. The second-order valence-electron chi connectivity index (χ2n) is 4.84. The Morgan fingerprint density at radius 1 is 1.05 bits per heavy atom. The topological polar surface area (TPSA) is 37.4 Å². The summed E-state index contributed by atoms with van der Waals surface area (Å²) in [7, 11) is 0. The van der Waals surface area contributed by atoms with E-state index in [1.54, 1.807) is 28.8 Å². The number of carbonyl (C=O) groups excluding carboxylic acids is 2. The van der Waals surface area contributed by atoms with Gasteiger partial charge in [0.05, 0.1) is 12.2 Å². The molecule has 3 rings (SSSR count). The summed E-state index contributed by atoms with van der Waals surface area (Å²) in [6, 6.07) is 16.9. The minimum absolute atomic E-state index is 0.0109. The van der Waals surface area contributed by atoms with E-state index >= 15 is 0 Å². The van der Waals surface area contributed by atoms with Crippen LogP contribution in [0.3, 0.4) is 0 Å². The van der Waals surface area contributed by atoms with Gasteiger partial charge in [-0.05, 0) is 12.1 Å². The van der Waals surface area contributed by atoms with Crippen molar-refractivity contribution in [2.24, 2.45) is 0 Å². The maximum atomic E-state index is 12.4. The van der Waals surface area contributed by atoms with Crippen molar-refractivity contribution in [1.29, 1.82) is 0 Å². The van der Waals surface area contributed by atoms with Gasteiger partial charge < -0.3 is 4.90 Å². The van der Waals surface area contributed by atoms with Crippen LogP contribution in [-0.2, 0) is 4.79 Å². The molecule has 4 heteroatoms. The van der Waals surface area contributed by atoms with E-state index in [0.29, 0.717) is 12.0 Å². The van der Waals surface area contributed by atoms with Gasteiger partial charge in [0.2, 0.25) is 5.91 Å². The van der Waals surface area contributed by atoms with Crippen LogP contribution in [-0.4, -0.2) is 24.0 Å². The molecule has 106 valence electrons. The van der Waals surface area contributed by atoms with Gasteiger partial charge in [-0.25, -0.2) is 0 Å². The van der Waals surface area contributed by atoms with Crippen LogP contribution >= 0.6 is 11.8 Å². The van der Waals surface area contributed by atoms with E-state index in [2.05, 4.69) is 0 Å². The summed E-state index contributed by atoms with van der Waals surface area (Å²) in [5, 5.41) is 0. The fourth-order valence-corrected chi connectivity index (χ4v) is 3.35. The van der Waals surface area contributed by atoms with Gasteiger partial charge in [0.25, 0.3) is 0 Å². The Labute approximate surface area is 128 Å². The summed E-state index contributed by atoms with van der Waals surface area (Å²) in [4.78, 5) is 27.4. The molecule has 0 spiro atoms. The molecule has 0 aromatic heterocycles. The minimum Gasteiger partial charge on any atom is -0.303 e. The van der Waals surface area contributed by atoms with E-state index in [1.165, 1.54) is 0 Å². The molecule has 0 saturated carbocycles. The van der Waals surface area contributed by atoms with Gasteiger partial charge in [0.1, 0.15) is 0 Å². The lowest BCUT2D eigenvalue weighted by atomic mass is 10.1. The molecule has 0 atom stereocenters. The molecule has 0 saturated heterocycles. The predicted octanol–water partition coefficient (Wildman–Crippen LogP) is 3.40. The number of benzene rings is 2. The lowest BCUT2D eigenvalue weighted by Crippen LogP contribution is -2.35. The normalized spacial score (nSPS) is 14.5. The number of thioether (sulfide) groups is 1. The molecule has 0 N–H and O–H groups in total. The molecule has 0 unspecified atom stereocenters. The molecular weight excluding hydrogens is 282 g/mol. The zero-order valence-electron chi connectivity index (χ0n) is 11.5. The molecule has 3 nitrogen and oxygen atoms in total. The van der Waals surface area contributed by atoms with Crippen LogP contribution < -0.4 is 4.90 Å². The number of carbonyl (C=O) groups is 2. The SMILES string of the molecule is O=C(CN1C(=O)CCSc2ccccc21)c1ccccc1. The van der Waals surface area contributed by atoms with Crippen molar-refractivity contribution in [1.82, 2.24) is 0 Å². The first-order chi connectivity index (χ1) is 10.3. The van der Waals surface area contributed by atoms with Crippen molar-refractivity contribution in [3.63, 3.8) is 0 Å². The Hall–Kier alpha value is -2.07. The van der Waals surface area contributed by atoms with Crippen molar-refractivity contribution >= 4 is 29.1 Å². The number of anilines is 1. The highest BCUT2D eigenvalue weighted by molar-refractivity contribution is 7.99. The molecule has 1 aliphatic rings. The first kappa shape index (κ1) is 13.9. The lowest BCUT2D eigenvalue weighted by Gasteiger charge is -2.21. The van der Waals surface area contributed by atoms with Crippen LogP contribution in [0.1, 0.15) is 16.8 Å². The first-order valence-corrected chi connectivity index (χ1v) is 7.85. The molecule has 1 aliphatic heterocycles. The number of nitrogens with zero attached hydrogens (tertiary/aromatic N) is 1. The van der Waals surface area contributed by atoms with Crippen LogP contribution in [0.5, 0.6) is 0 Å². The summed E-state index contributed by atoms with van der Waals surface area (Å²) in [5.41, 5.74) is 1.48. The summed E-state index contributed by atoms with van der Waals surface area (Å²) in [5.74, 6) is 0.730. The number of para-hydroxylation sites is 1. The van der Waals surface area contributed by atoms with Crippen LogP contribution in [0.25, 0.3) is 0 Å². The highest BCUT2D eigenvalue weighted by Crippen LogP contribution is 2.34. The molecule has 21 heavy (non-hydrogen) atoms. The lowest BCUT2D eigenvalue weighted by molar-refractivity contribution is -0.118. The molecule has 0 fully saturated rings. The molecule has 1 heterocycles. The Bertz CT molecular complexity index is 670. The number of fused-ring (bicyclic) bond motifs is 1. The molecule has 0 radical (unpaired) electrons. The maximum Gasteiger partial charge on any atom is 0.228 e. The number of hydrogen-bond donors (Lipinski definition) is 0. The largest absolute Gasteiger partial charge is 0.303 e. The Balaban J connectivity index is 1.90. The maximum absolute atomic E-state index is 12.4. The Morgan fingerprint density at radius 3 is 2.57 bits per heavy atom. The monoisotopic (exact) mass is 297 g/mol. The molecule has 0 aliphatic carbocycles. The predicted molar refractivity (Wildman–Crippen MR) is 84.9 cm³/mol. The third-order valence-corrected chi connectivity index (χ3v) is 4.49. The zero-order chi connectivity index (χ0) is 14.7. The zero-order valence-corrected chi connectivity index (χ0v) is 12.3. The number of amides is 1. The molecule has 2 aromatic rings. The summed E-state index contributed by atoms with van der Waals surface area (Å²) in [6.45, 7) is 0.0976. The van der Waals surface area contributed by atoms with E-state index in [9.17, 15) is 9.59 Å². The number of rotatable bonds is 3. The quantitative estimate of drug-likeness (QED) is 0.815. The smallest absolute Gasteiger partial charge is 0.228 e. The standard InChI is InChI=1S/C17H15NO2S/c19-15(13-6-2-1-3-7-13)12-18-14-8-4-5-9-16(14)21-11-10-17(18)20/h1-9H,10-12H2. The van der Waals surface area contributed by atoms with Gasteiger partial charge in [-0.1, -0.05) is 42.5 Å². The van der Waals surface area contributed by atoms with E-state index in [4.69, 9.17) is 0 Å². The highest BCUT2D eigenvalue weighted by Gasteiger charge is 2.24. The number of Topliss-reactive ketones (excluding diaryl/α,β-unsaturated/α-hetero) is 1. The molecule has 2 aromatic carbocycles. The minimum atomic E-state index is -0.0364. The average molecular weight is 297 g/mol. The van der Waals surface area contributed by atoms with Crippen LogP contribution in [0.2, 0.25) is 0 Å². The highest BCUT2D eigenvalue weighted by atomic mass is 32.2. The van der Waals surface area contributed by atoms with Crippen LogP contribution in [0.4, 0.5) is 5.69 Å². The van der Waals surface area contributed by atoms with Crippen molar-refractivity contribution < 1.29 is 9.59 Å². The second kappa shape index (κ2) is 6.14. The second-order valence-corrected chi connectivity index (χ2v) is 5.97. The summed E-state index contributed by atoms with van der Waals surface area (Å²) >= 11 is 1.67. The van der Waals surface area contributed by atoms with Crippen molar-refractivity contribution in [3.05, 3.63) is 60.2 Å². The van der Waals surface area contributed by atoms with Gasteiger partial charge >= 0.3 is 0 Å². The van der Waals surface area contributed by atoms with Crippen molar-refractivity contribution in [2.45, 2.75) is 11.3 Å². The van der Waals surface area contributed by atoms with E-state index in [1.807, 2.05) is 42.5 Å². The average Bonchev–Trinajstić information content (AvgIpc) is 2.68. The van der Waals surface area contributed by atoms with E-state index in [-0.39, 0.29) is 18.2 Å². The third-order valence-electron chi connectivity index (χ3n) is 3.43. The summed E-state index contributed by atoms with van der Waals surface area (Å²) < 4.78 is 0. The van der Waals surface area contributed by atoms with E-state index < -0.39 is 0 Å². The van der Waals surface area contributed by atoms with E-state index in [0.717, 1.165) is 16.3 Å². The number of ketones is 1. The first-order valence-electron chi connectivity index (χ1n) is 6.86. The third kappa shape index (κ3) is 3.00. The van der Waals surface area contributed by atoms with Gasteiger partial charge in [0, 0.05) is 22.6 Å². The summed E-state index contributed by atoms with van der Waals surface area (Å²) in [6.07, 6.45) is 0.460. The van der Waals surface area contributed by atoms with Crippen molar-refractivity contribution in [3.8, 4) is 0 Å². The van der Waals surface area contributed by atoms with Crippen molar-refractivity contribution in [2.75, 3.05) is 17.2 Å². The van der Waals surface area contributed by atoms with Gasteiger partial charge in [-0.3, -0.25) is 9.59 Å². The Kier molecular flexibility index (Phi) is 4.06. The molecule has 1 amide bonds. The molecule has 0 bridgehead atoms. The van der Waals surface area contributed by atoms with Gasteiger partial charge in [-0.15, -0.1) is 11.8 Å². The fraction of sp³-hybridized carbons (Fsp3) is 0.176. The van der Waals surface area contributed by atoms with Crippen LogP contribution in [0.15, 0.2) is 59.5 Å². The fourth-order valence-electron chi connectivity index (χ4n) is 2.35. The number of hydrogen-bond acceptors (Lipinski definition) is 3. The van der Waals surface area contributed by atoms with Crippen LogP contribution in [0, 0.1) is 0 Å².